The Kier molecular flexibility index (Phi) is 5.21. The standard InChI is InChI=1S/C17H19NO3/c1-2-10-21-14-7-5-6-13(11-14)12-18-16-9-4-3-8-15(16)17(19)20/h3-9,11,18H,2,10,12H2,1H3,(H,19,20). The van der Waals surface area contributed by atoms with Gasteiger partial charge in [-0.15, -0.1) is 0 Å². The third-order valence-corrected chi connectivity index (χ3v) is 3.01. The van der Waals surface area contributed by atoms with Gasteiger partial charge in [-0.2, -0.15) is 0 Å². The number of carboxylic acids is 1. The van der Waals surface area contributed by atoms with Crippen LogP contribution in [0.25, 0.3) is 0 Å². The molecule has 0 aliphatic heterocycles. The van der Waals surface area contributed by atoms with Crippen molar-refractivity contribution in [2.75, 3.05) is 11.9 Å². The lowest BCUT2D eigenvalue weighted by atomic mass is 10.1. The molecule has 0 spiro atoms. The van der Waals surface area contributed by atoms with Crippen LogP contribution in [0.15, 0.2) is 48.5 Å². The Labute approximate surface area is 124 Å². The number of carboxylic acid groups (broad SMARTS) is 1. The number of rotatable bonds is 7. The lowest BCUT2D eigenvalue weighted by Crippen LogP contribution is -2.06. The van der Waals surface area contributed by atoms with E-state index in [2.05, 4.69) is 12.2 Å². The van der Waals surface area contributed by atoms with E-state index in [1.807, 2.05) is 30.3 Å². The summed E-state index contributed by atoms with van der Waals surface area (Å²) in [5.41, 5.74) is 1.93. The van der Waals surface area contributed by atoms with Crippen LogP contribution in [0.1, 0.15) is 29.3 Å². The van der Waals surface area contributed by atoms with Gasteiger partial charge in [-0.05, 0) is 36.2 Å². The van der Waals surface area contributed by atoms with Crippen LogP contribution in [0.5, 0.6) is 5.75 Å². The van der Waals surface area contributed by atoms with Gasteiger partial charge in [-0.1, -0.05) is 31.2 Å². The number of anilines is 1. The monoisotopic (exact) mass is 285 g/mol. The lowest BCUT2D eigenvalue weighted by Gasteiger charge is -2.11. The molecule has 0 aliphatic carbocycles. The van der Waals surface area contributed by atoms with Crippen LogP contribution < -0.4 is 10.1 Å². The summed E-state index contributed by atoms with van der Waals surface area (Å²) in [5, 5.41) is 12.3. The minimum atomic E-state index is -0.932. The van der Waals surface area contributed by atoms with Crippen LogP contribution in [0.3, 0.4) is 0 Å². The van der Waals surface area contributed by atoms with E-state index in [0.717, 1.165) is 17.7 Å². The van der Waals surface area contributed by atoms with E-state index in [1.54, 1.807) is 18.2 Å². The predicted octanol–water partition coefficient (Wildman–Crippen LogP) is 3.79. The Morgan fingerprint density at radius 2 is 2.00 bits per heavy atom. The second-order valence-electron chi connectivity index (χ2n) is 4.70. The first kappa shape index (κ1) is 14.9. The quantitative estimate of drug-likeness (QED) is 0.812. The molecular weight excluding hydrogens is 266 g/mol. The molecule has 0 aromatic heterocycles. The molecule has 0 bridgehead atoms. The third-order valence-electron chi connectivity index (χ3n) is 3.01. The SMILES string of the molecule is CCCOc1cccc(CNc2ccccc2C(=O)O)c1. The Hall–Kier alpha value is -2.49. The molecule has 0 heterocycles. The summed E-state index contributed by atoms with van der Waals surface area (Å²) in [6.45, 7) is 3.31. The van der Waals surface area contributed by atoms with Gasteiger partial charge in [-0.3, -0.25) is 0 Å². The topological polar surface area (TPSA) is 58.6 Å². The normalized spacial score (nSPS) is 10.1. The molecule has 0 radical (unpaired) electrons. The number of hydrogen-bond donors (Lipinski definition) is 2. The highest BCUT2D eigenvalue weighted by molar-refractivity contribution is 5.94. The van der Waals surface area contributed by atoms with Gasteiger partial charge in [0.2, 0.25) is 0 Å². The van der Waals surface area contributed by atoms with E-state index < -0.39 is 5.97 Å². The fourth-order valence-corrected chi connectivity index (χ4v) is 1.99. The van der Waals surface area contributed by atoms with Crippen molar-refractivity contribution in [2.24, 2.45) is 0 Å². The van der Waals surface area contributed by atoms with E-state index in [9.17, 15) is 4.79 Å². The molecule has 0 saturated heterocycles. The average Bonchev–Trinajstić information content (AvgIpc) is 2.51. The summed E-state index contributed by atoms with van der Waals surface area (Å²) in [5.74, 6) is -0.0965. The van der Waals surface area contributed by atoms with Crippen LogP contribution in [-0.4, -0.2) is 17.7 Å². The van der Waals surface area contributed by atoms with Crippen molar-refractivity contribution in [1.82, 2.24) is 0 Å². The average molecular weight is 285 g/mol. The van der Waals surface area contributed by atoms with Crippen LogP contribution in [0, 0.1) is 0 Å². The van der Waals surface area contributed by atoms with Gasteiger partial charge < -0.3 is 15.2 Å². The van der Waals surface area contributed by atoms with Crippen molar-refractivity contribution in [3.05, 3.63) is 59.7 Å². The maximum absolute atomic E-state index is 11.1. The smallest absolute Gasteiger partial charge is 0.337 e. The van der Waals surface area contributed by atoms with Crippen molar-refractivity contribution in [3.8, 4) is 5.75 Å². The van der Waals surface area contributed by atoms with Crippen LogP contribution in [-0.2, 0) is 6.54 Å². The highest BCUT2D eigenvalue weighted by Crippen LogP contribution is 2.18. The molecule has 0 saturated carbocycles. The molecule has 0 unspecified atom stereocenters. The molecule has 110 valence electrons. The molecule has 2 rings (SSSR count). The van der Waals surface area contributed by atoms with Gasteiger partial charge >= 0.3 is 5.97 Å². The van der Waals surface area contributed by atoms with Gasteiger partial charge in [0.1, 0.15) is 5.75 Å². The second kappa shape index (κ2) is 7.33. The van der Waals surface area contributed by atoms with Gasteiger partial charge in [0.05, 0.1) is 12.2 Å². The molecular formula is C17H19NO3. The van der Waals surface area contributed by atoms with Crippen molar-refractivity contribution in [2.45, 2.75) is 19.9 Å². The largest absolute Gasteiger partial charge is 0.494 e. The summed E-state index contributed by atoms with van der Waals surface area (Å²) in [4.78, 5) is 11.1. The van der Waals surface area contributed by atoms with E-state index >= 15 is 0 Å². The molecule has 2 N–H and O–H groups in total. The minimum absolute atomic E-state index is 0.274. The minimum Gasteiger partial charge on any atom is -0.494 e. The first-order chi connectivity index (χ1) is 10.2. The number of nitrogens with one attached hydrogen (secondary N) is 1. The Morgan fingerprint density at radius 1 is 1.19 bits per heavy atom. The van der Waals surface area contributed by atoms with Crippen LogP contribution >= 0.6 is 0 Å². The maximum Gasteiger partial charge on any atom is 0.337 e. The van der Waals surface area contributed by atoms with Crippen LogP contribution in [0.4, 0.5) is 5.69 Å². The van der Waals surface area contributed by atoms with Crippen molar-refractivity contribution < 1.29 is 14.6 Å². The summed E-state index contributed by atoms with van der Waals surface area (Å²) >= 11 is 0. The molecule has 0 fully saturated rings. The first-order valence-corrected chi connectivity index (χ1v) is 6.98. The fourth-order valence-electron chi connectivity index (χ4n) is 1.99. The molecule has 0 amide bonds. The summed E-state index contributed by atoms with van der Waals surface area (Å²) in [7, 11) is 0. The number of aromatic carboxylic acids is 1. The van der Waals surface area contributed by atoms with Crippen LogP contribution in [0.2, 0.25) is 0 Å². The number of ether oxygens (including phenoxy) is 1. The molecule has 21 heavy (non-hydrogen) atoms. The molecule has 0 aliphatic rings. The second-order valence-corrected chi connectivity index (χ2v) is 4.70. The maximum atomic E-state index is 11.1. The highest BCUT2D eigenvalue weighted by Gasteiger charge is 2.08. The number of para-hydroxylation sites is 1. The molecule has 2 aromatic carbocycles. The van der Waals surface area contributed by atoms with Gasteiger partial charge in [-0.25, -0.2) is 4.79 Å². The summed E-state index contributed by atoms with van der Waals surface area (Å²) in [6, 6.07) is 14.7. The predicted molar refractivity (Wildman–Crippen MR) is 83.0 cm³/mol. The third kappa shape index (κ3) is 4.24. The first-order valence-electron chi connectivity index (χ1n) is 6.98. The fraction of sp³-hybridized carbons (Fsp3) is 0.235. The Morgan fingerprint density at radius 3 is 2.76 bits per heavy atom. The van der Waals surface area contributed by atoms with E-state index in [0.29, 0.717) is 18.8 Å². The molecule has 0 atom stereocenters. The Balaban J connectivity index is 2.05. The molecule has 2 aromatic rings. The van der Waals surface area contributed by atoms with E-state index in [-0.39, 0.29) is 5.56 Å². The van der Waals surface area contributed by atoms with E-state index in [1.165, 1.54) is 0 Å². The highest BCUT2D eigenvalue weighted by atomic mass is 16.5. The summed E-state index contributed by atoms with van der Waals surface area (Å²) in [6.07, 6.45) is 0.967. The molecule has 4 heteroatoms. The zero-order chi connectivity index (χ0) is 15.1. The molecule has 4 nitrogen and oxygen atoms in total. The zero-order valence-corrected chi connectivity index (χ0v) is 12.0. The van der Waals surface area contributed by atoms with Gasteiger partial charge in [0, 0.05) is 12.2 Å². The zero-order valence-electron chi connectivity index (χ0n) is 12.0. The van der Waals surface area contributed by atoms with Crippen molar-refractivity contribution in [3.63, 3.8) is 0 Å². The number of benzene rings is 2. The summed E-state index contributed by atoms with van der Waals surface area (Å²) < 4.78 is 5.59. The number of hydrogen-bond acceptors (Lipinski definition) is 3. The lowest BCUT2D eigenvalue weighted by molar-refractivity contribution is 0.0698. The van der Waals surface area contributed by atoms with Crippen molar-refractivity contribution >= 4 is 11.7 Å². The Bertz CT molecular complexity index is 610. The van der Waals surface area contributed by atoms with Gasteiger partial charge in [0.25, 0.3) is 0 Å². The van der Waals surface area contributed by atoms with E-state index in [4.69, 9.17) is 9.84 Å². The number of carbonyl (C=O) groups is 1. The van der Waals surface area contributed by atoms with Crippen molar-refractivity contribution in [1.29, 1.82) is 0 Å². The van der Waals surface area contributed by atoms with Gasteiger partial charge in [0.15, 0.2) is 0 Å².